The van der Waals surface area contributed by atoms with E-state index in [0.717, 1.165) is 10.6 Å². The molecular weight excluding hydrogens is 481 g/mol. The van der Waals surface area contributed by atoms with Crippen molar-refractivity contribution in [2.45, 2.75) is 52.2 Å². The van der Waals surface area contributed by atoms with Crippen molar-refractivity contribution in [1.82, 2.24) is 10.2 Å². The van der Waals surface area contributed by atoms with Crippen LogP contribution in [0.4, 0.5) is 10.1 Å². The Bertz CT molecular complexity index is 1100. The molecule has 2 atom stereocenters. The first-order chi connectivity index (χ1) is 16.0. The fourth-order valence-corrected chi connectivity index (χ4v) is 4.55. The van der Waals surface area contributed by atoms with Crippen molar-refractivity contribution in [2.24, 2.45) is 0 Å². The highest BCUT2D eigenvalue weighted by Gasteiger charge is 2.32. The highest BCUT2D eigenvalue weighted by Crippen LogP contribution is 2.27. The lowest BCUT2D eigenvalue weighted by molar-refractivity contribution is -0.140. The van der Waals surface area contributed by atoms with E-state index in [1.165, 1.54) is 41.3 Å². The maximum absolute atomic E-state index is 13.5. The number of anilines is 1. The maximum Gasteiger partial charge on any atom is 0.244 e. The predicted molar refractivity (Wildman–Crippen MR) is 133 cm³/mol. The van der Waals surface area contributed by atoms with Crippen molar-refractivity contribution >= 4 is 39.1 Å². The molecule has 186 valence electrons. The Labute approximate surface area is 205 Å². The second kappa shape index (κ2) is 12.2. The van der Waals surface area contributed by atoms with Gasteiger partial charge in [0.15, 0.2) is 0 Å². The number of rotatable bonds is 11. The second-order valence-electron chi connectivity index (χ2n) is 8.11. The summed E-state index contributed by atoms with van der Waals surface area (Å²) in [6, 6.07) is 11.0. The fraction of sp³-hybridized carbons (Fsp3) is 0.417. The lowest BCUT2D eigenvalue weighted by Crippen LogP contribution is -2.53. The van der Waals surface area contributed by atoms with E-state index in [9.17, 15) is 22.4 Å². The van der Waals surface area contributed by atoms with Gasteiger partial charge in [-0.1, -0.05) is 49.7 Å². The monoisotopic (exact) mass is 511 g/mol. The standard InChI is InChI=1S/C24H31ClFN3O4S/c1-5-17(3)27-24(31)21(6-2)28(15-18-11-13-19(26)14-12-18)23(30)16-29(34(4,32)33)22-10-8-7-9-20(22)25/h7-14,17,21H,5-6,15-16H2,1-4H3,(H,27,31). The van der Waals surface area contributed by atoms with Crippen LogP contribution in [0.2, 0.25) is 5.02 Å². The quantitative estimate of drug-likeness (QED) is 0.494. The zero-order chi connectivity index (χ0) is 25.5. The minimum Gasteiger partial charge on any atom is -0.352 e. The number of hydrogen-bond acceptors (Lipinski definition) is 4. The summed E-state index contributed by atoms with van der Waals surface area (Å²) in [7, 11) is -3.87. The van der Waals surface area contributed by atoms with E-state index in [2.05, 4.69) is 5.32 Å². The van der Waals surface area contributed by atoms with Crippen LogP contribution in [-0.4, -0.2) is 50.0 Å². The summed E-state index contributed by atoms with van der Waals surface area (Å²) in [5, 5.41) is 3.06. The topological polar surface area (TPSA) is 86.8 Å². The minimum atomic E-state index is -3.87. The maximum atomic E-state index is 13.5. The lowest BCUT2D eigenvalue weighted by Gasteiger charge is -2.33. The first-order valence-corrected chi connectivity index (χ1v) is 13.3. The van der Waals surface area contributed by atoms with E-state index in [1.54, 1.807) is 19.1 Å². The third-order valence-electron chi connectivity index (χ3n) is 5.45. The smallest absolute Gasteiger partial charge is 0.244 e. The first-order valence-electron chi connectivity index (χ1n) is 11.0. The molecule has 0 aromatic heterocycles. The number of carbonyl (C=O) groups excluding carboxylic acids is 2. The number of amides is 2. The Hall–Kier alpha value is -2.65. The van der Waals surface area contributed by atoms with Crippen molar-refractivity contribution in [3.63, 3.8) is 0 Å². The van der Waals surface area contributed by atoms with Crippen LogP contribution in [0.1, 0.15) is 39.2 Å². The Kier molecular flexibility index (Phi) is 9.88. The van der Waals surface area contributed by atoms with Gasteiger partial charge in [0.05, 0.1) is 17.0 Å². The largest absolute Gasteiger partial charge is 0.352 e. The summed E-state index contributed by atoms with van der Waals surface area (Å²) >= 11 is 6.22. The summed E-state index contributed by atoms with van der Waals surface area (Å²) < 4.78 is 39.5. The van der Waals surface area contributed by atoms with Crippen LogP contribution in [0, 0.1) is 5.82 Å². The third kappa shape index (κ3) is 7.43. The number of hydrogen-bond donors (Lipinski definition) is 1. The lowest BCUT2D eigenvalue weighted by atomic mass is 10.1. The zero-order valence-corrected chi connectivity index (χ0v) is 21.4. The van der Waals surface area contributed by atoms with Gasteiger partial charge in [0.1, 0.15) is 18.4 Å². The molecular formula is C24H31ClFN3O4S. The number of sulfonamides is 1. The molecule has 2 unspecified atom stereocenters. The van der Waals surface area contributed by atoms with E-state index < -0.39 is 34.3 Å². The van der Waals surface area contributed by atoms with Gasteiger partial charge in [-0.3, -0.25) is 13.9 Å². The van der Waals surface area contributed by atoms with Gasteiger partial charge in [0.25, 0.3) is 0 Å². The summed E-state index contributed by atoms with van der Waals surface area (Å²) in [6.45, 7) is 5.03. The molecule has 0 aliphatic heterocycles. The molecule has 0 bridgehead atoms. The van der Waals surface area contributed by atoms with Crippen molar-refractivity contribution < 1.29 is 22.4 Å². The van der Waals surface area contributed by atoms with Crippen molar-refractivity contribution in [2.75, 3.05) is 17.1 Å². The second-order valence-corrected chi connectivity index (χ2v) is 10.4. The molecule has 0 spiro atoms. The average molecular weight is 512 g/mol. The number of carbonyl (C=O) groups is 2. The Balaban J connectivity index is 2.44. The summed E-state index contributed by atoms with van der Waals surface area (Å²) in [5.74, 6) is -1.35. The van der Waals surface area contributed by atoms with Crippen molar-refractivity contribution in [3.05, 3.63) is 64.9 Å². The molecule has 1 N–H and O–H groups in total. The van der Waals surface area contributed by atoms with Crippen LogP contribution in [0.5, 0.6) is 0 Å². The Morgan fingerprint density at radius 3 is 2.21 bits per heavy atom. The minimum absolute atomic E-state index is 0.00562. The van der Waals surface area contributed by atoms with Gasteiger partial charge in [-0.15, -0.1) is 0 Å². The molecule has 0 heterocycles. The molecule has 7 nitrogen and oxygen atoms in total. The predicted octanol–water partition coefficient (Wildman–Crippen LogP) is 3.97. The van der Waals surface area contributed by atoms with Crippen LogP contribution >= 0.6 is 11.6 Å². The van der Waals surface area contributed by atoms with Crippen LogP contribution < -0.4 is 9.62 Å². The van der Waals surface area contributed by atoms with Crippen LogP contribution in [0.25, 0.3) is 0 Å². The van der Waals surface area contributed by atoms with Gasteiger partial charge in [0, 0.05) is 12.6 Å². The molecule has 2 aromatic carbocycles. The number of halogens is 2. The molecule has 10 heteroatoms. The van der Waals surface area contributed by atoms with Gasteiger partial charge in [-0.05, 0) is 49.6 Å². The molecule has 0 fully saturated rings. The SMILES string of the molecule is CCC(C)NC(=O)C(CC)N(Cc1ccc(F)cc1)C(=O)CN(c1ccccc1Cl)S(C)(=O)=O. The van der Waals surface area contributed by atoms with Crippen molar-refractivity contribution in [1.29, 1.82) is 0 Å². The van der Waals surface area contributed by atoms with Crippen LogP contribution in [0.15, 0.2) is 48.5 Å². The summed E-state index contributed by atoms with van der Waals surface area (Å²) in [6.07, 6.45) is 2.00. The Morgan fingerprint density at radius 1 is 1.06 bits per heavy atom. The zero-order valence-electron chi connectivity index (χ0n) is 19.8. The normalized spacial score (nSPS) is 13.1. The Morgan fingerprint density at radius 2 is 1.68 bits per heavy atom. The molecule has 2 aromatic rings. The molecule has 0 radical (unpaired) electrons. The van der Waals surface area contributed by atoms with E-state index in [0.29, 0.717) is 18.4 Å². The molecule has 0 saturated heterocycles. The molecule has 0 aliphatic carbocycles. The highest BCUT2D eigenvalue weighted by atomic mass is 35.5. The third-order valence-corrected chi connectivity index (χ3v) is 6.90. The first kappa shape index (κ1) is 27.6. The summed E-state index contributed by atoms with van der Waals surface area (Å²) in [5.41, 5.74) is 0.770. The highest BCUT2D eigenvalue weighted by molar-refractivity contribution is 7.92. The molecule has 2 amide bonds. The van der Waals surface area contributed by atoms with Crippen molar-refractivity contribution in [3.8, 4) is 0 Å². The van der Waals surface area contributed by atoms with Crippen LogP contribution in [0.3, 0.4) is 0 Å². The number of nitrogens with zero attached hydrogens (tertiary/aromatic N) is 2. The number of para-hydroxylation sites is 1. The van der Waals surface area contributed by atoms with Gasteiger partial charge >= 0.3 is 0 Å². The molecule has 0 saturated carbocycles. The van der Waals surface area contributed by atoms with Gasteiger partial charge in [-0.25, -0.2) is 12.8 Å². The van der Waals surface area contributed by atoms with Gasteiger partial charge in [-0.2, -0.15) is 0 Å². The number of benzene rings is 2. The number of nitrogens with one attached hydrogen (secondary N) is 1. The fourth-order valence-electron chi connectivity index (χ4n) is 3.40. The molecule has 0 aliphatic rings. The summed E-state index contributed by atoms with van der Waals surface area (Å²) in [4.78, 5) is 27.9. The van der Waals surface area contributed by atoms with Gasteiger partial charge in [0.2, 0.25) is 21.8 Å². The van der Waals surface area contributed by atoms with E-state index in [-0.39, 0.29) is 29.2 Å². The van der Waals surface area contributed by atoms with E-state index >= 15 is 0 Å². The average Bonchev–Trinajstić information content (AvgIpc) is 2.78. The molecule has 34 heavy (non-hydrogen) atoms. The van der Waals surface area contributed by atoms with E-state index in [1.807, 2.05) is 13.8 Å². The van der Waals surface area contributed by atoms with Gasteiger partial charge < -0.3 is 10.2 Å². The molecule has 2 rings (SSSR count). The van der Waals surface area contributed by atoms with E-state index in [4.69, 9.17) is 11.6 Å². The van der Waals surface area contributed by atoms with Crippen LogP contribution in [-0.2, 0) is 26.2 Å².